The highest BCUT2D eigenvalue weighted by Gasteiger charge is 2.23. The summed E-state index contributed by atoms with van der Waals surface area (Å²) in [6.45, 7) is 11.3. The van der Waals surface area contributed by atoms with Crippen LogP contribution in [0.2, 0.25) is 0 Å². The molecule has 0 fully saturated rings. The summed E-state index contributed by atoms with van der Waals surface area (Å²) in [5.74, 6) is -0.488. The van der Waals surface area contributed by atoms with Crippen LogP contribution in [-0.2, 0) is 6.42 Å². The van der Waals surface area contributed by atoms with Crippen molar-refractivity contribution < 1.29 is 19.8 Å². The summed E-state index contributed by atoms with van der Waals surface area (Å²) in [5.41, 5.74) is 0.888. The minimum Gasteiger partial charge on any atom is -0.394 e. The summed E-state index contributed by atoms with van der Waals surface area (Å²) in [5, 5.41) is 32.3. The fourth-order valence-electron chi connectivity index (χ4n) is 2.65. The Hall–Kier alpha value is -2.06. The van der Waals surface area contributed by atoms with Gasteiger partial charge in [-0.1, -0.05) is 41.5 Å². The zero-order valence-electron chi connectivity index (χ0n) is 17.7. The lowest BCUT2D eigenvalue weighted by Gasteiger charge is -2.21. The Morgan fingerprint density at radius 3 is 1.82 bits per heavy atom. The van der Waals surface area contributed by atoms with Gasteiger partial charge in [-0.05, 0) is 35.8 Å². The minimum atomic E-state index is -0.437. The van der Waals surface area contributed by atoms with Crippen LogP contribution in [0.15, 0.2) is 6.07 Å². The van der Waals surface area contributed by atoms with Gasteiger partial charge in [-0.3, -0.25) is 9.59 Å². The van der Waals surface area contributed by atoms with Crippen molar-refractivity contribution in [1.29, 1.82) is 0 Å². The van der Waals surface area contributed by atoms with Crippen molar-refractivity contribution in [3.63, 3.8) is 0 Å². The Balaban J connectivity index is 3.13. The van der Waals surface area contributed by atoms with Crippen LogP contribution in [0.1, 0.15) is 68.1 Å². The van der Waals surface area contributed by atoms with Gasteiger partial charge in [-0.25, -0.2) is 0 Å². The van der Waals surface area contributed by atoms with E-state index < -0.39 is 11.8 Å². The maximum absolute atomic E-state index is 12.7. The van der Waals surface area contributed by atoms with Gasteiger partial charge in [0.25, 0.3) is 11.8 Å². The highest BCUT2D eigenvalue weighted by Crippen LogP contribution is 2.14. The van der Waals surface area contributed by atoms with Crippen LogP contribution in [0.5, 0.6) is 0 Å². The fourth-order valence-corrected chi connectivity index (χ4v) is 2.65. The molecule has 0 aliphatic rings. The van der Waals surface area contributed by atoms with Gasteiger partial charge in [-0.2, -0.15) is 0 Å². The number of nitrogens with one attached hydrogen (secondary N) is 2. The average molecular weight is 395 g/mol. The first-order chi connectivity index (χ1) is 13.1. The molecule has 8 nitrogen and oxygen atoms in total. The number of carbonyl (C=O) groups excluding carboxylic acids is 2. The van der Waals surface area contributed by atoms with Crippen LogP contribution >= 0.6 is 0 Å². The van der Waals surface area contributed by atoms with Crippen LogP contribution in [0.4, 0.5) is 0 Å². The van der Waals surface area contributed by atoms with E-state index in [0.29, 0.717) is 12.0 Å². The first-order valence-corrected chi connectivity index (χ1v) is 9.80. The molecular weight excluding hydrogens is 360 g/mol. The summed E-state index contributed by atoms with van der Waals surface area (Å²) < 4.78 is 0. The number of hydrogen-bond donors (Lipinski definition) is 4. The zero-order valence-corrected chi connectivity index (χ0v) is 17.7. The first kappa shape index (κ1) is 24.0. The topological polar surface area (TPSA) is 124 Å². The first-order valence-electron chi connectivity index (χ1n) is 9.80. The van der Waals surface area contributed by atoms with Crippen molar-refractivity contribution in [3.05, 3.63) is 23.0 Å². The monoisotopic (exact) mass is 394 g/mol. The van der Waals surface area contributed by atoms with E-state index in [1.807, 2.05) is 41.5 Å². The zero-order chi connectivity index (χ0) is 21.4. The van der Waals surface area contributed by atoms with Gasteiger partial charge in [-0.15, -0.1) is 10.2 Å². The summed E-state index contributed by atoms with van der Waals surface area (Å²) >= 11 is 0. The van der Waals surface area contributed by atoms with E-state index in [-0.39, 0.29) is 54.4 Å². The normalized spacial score (nSPS) is 13.7. The van der Waals surface area contributed by atoms with Gasteiger partial charge in [0.1, 0.15) is 0 Å². The number of hydrogen-bond acceptors (Lipinski definition) is 6. The molecule has 1 aromatic rings. The van der Waals surface area contributed by atoms with E-state index in [4.69, 9.17) is 0 Å². The lowest BCUT2D eigenvalue weighted by molar-refractivity contribution is 0.0875. The van der Waals surface area contributed by atoms with E-state index in [1.54, 1.807) is 6.07 Å². The number of aliphatic hydroxyl groups excluding tert-OH is 2. The molecule has 2 atom stereocenters. The summed E-state index contributed by atoms with van der Waals surface area (Å²) in [4.78, 5) is 25.1. The molecule has 1 heterocycles. The molecule has 0 aromatic carbocycles. The number of aromatic nitrogens is 2. The Kier molecular flexibility index (Phi) is 9.48. The highest BCUT2D eigenvalue weighted by molar-refractivity contribution is 5.96. The molecule has 0 bridgehead atoms. The molecule has 0 saturated heterocycles. The molecule has 0 aliphatic carbocycles. The Labute approximate surface area is 167 Å². The Morgan fingerprint density at radius 2 is 1.39 bits per heavy atom. The molecule has 0 radical (unpaired) electrons. The van der Waals surface area contributed by atoms with Crippen LogP contribution in [-0.4, -0.2) is 57.5 Å². The van der Waals surface area contributed by atoms with Crippen molar-refractivity contribution >= 4 is 11.8 Å². The van der Waals surface area contributed by atoms with E-state index in [9.17, 15) is 19.8 Å². The number of amides is 2. The SMILES string of the molecule is CC(C)Cc1cc(C(=O)NC(CO)C(C)C)nnc1C(=O)NC(CO)C(C)C. The van der Waals surface area contributed by atoms with Gasteiger partial charge in [0.2, 0.25) is 0 Å². The second kappa shape index (κ2) is 11.1. The molecule has 1 rings (SSSR count). The van der Waals surface area contributed by atoms with Crippen LogP contribution in [0, 0.1) is 17.8 Å². The lowest BCUT2D eigenvalue weighted by atomic mass is 9.99. The van der Waals surface area contributed by atoms with Crippen LogP contribution in [0.25, 0.3) is 0 Å². The molecule has 0 spiro atoms. The Bertz CT molecular complexity index is 662. The highest BCUT2D eigenvalue weighted by atomic mass is 16.3. The minimum absolute atomic E-state index is 0.0620. The van der Waals surface area contributed by atoms with Crippen molar-refractivity contribution in [2.24, 2.45) is 17.8 Å². The van der Waals surface area contributed by atoms with Gasteiger partial charge >= 0.3 is 0 Å². The fraction of sp³-hybridized carbons (Fsp3) is 0.700. The predicted octanol–water partition coefficient (Wildman–Crippen LogP) is 1.17. The van der Waals surface area contributed by atoms with E-state index in [0.717, 1.165) is 0 Å². The third-order valence-corrected chi connectivity index (χ3v) is 4.58. The van der Waals surface area contributed by atoms with Gasteiger partial charge in [0.15, 0.2) is 11.4 Å². The predicted molar refractivity (Wildman–Crippen MR) is 107 cm³/mol. The molecule has 28 heavy (non-hydrogen) atoms. The van der Waals surface area contributed by atoms with Crippen LogP contribution < -0.4 is 10.6 Å². The molecule has 2 unspecified atom stereocenters. The molecule has 2 amide bonds. The molecule has 8 heteroatoms. The summed E-state index contributed by atoms with van der Waals surface area (Å²) in [7, 11) is 0. The second-order valence-corrected chi connectivity index (χ2v) is 8.21. The molecule has 0 aliphatic heterocycles. The largest absolute Gasteiger partial charge is 0.394 e. The third-order valence-electron chi connectivity index (χ3n) is 4.58. The number of rotatable bonds is 10. The van der Waals surface area contributed by atoms with E-state index in [1.165, 1.54) is 0 Å². The smallest absolute Gasteiger partial charge is 0.272 e. The average Bonchev–Trinajstić information content (AvgIpc) is 2.62. The second-order valence-electron chi connectivity index (χ2n) is 8.21. The van der Waals surface area contributed by atoms with Gasteiger partial charge < -0.3 is 20.8 Å². The summed E-state index contributed by atoms with van der Waals surface area (Å²) in [6, 6.07) is 0.803. The third kappa shape index (κ3) is 6.83. The molecule has 1 aromatic heterocycles. The van der Waals surface area contributed by atoms with Crippen LogP contribution in [0.3, 0.4) is 0 Å². The molecule has 158 valence electrons. The number of nitrogens with zero attached hydrogens (tertiary/aromatic N) is 2. The molecular formula is C20H34N4O4. The number of carbonyl (C=O) groups is 2. The van der Waals surface area contributed by atoms with Crippen molar-refractivity contribution in [2.45, 2.75) is 60.0 Å². The lowest BCUT2D eigenvalue weighted by Crippen LogP contribution is -2.42. The van der Waals surface area contributed by atoms with Crippen molar-refractivity contribution in [1.82, 2.24) is 20.8 Å². The maximum Gasteiger partial charge on any atom is 0.272 e. The maximum atomic E-state index is 12.7. The quantitative estimate of drug-likeness (QED) is 0.472. The van der Waals surface area contributed by atoms with E-state index in [2.05, 4.69) is 20.8 Å². The number of aliphatic hydroxyl groups is 2. The molecule has 4 N–H and O–H groups in total. The van der Waals surface area contributed by atoms with Gasteiger partial charge in [0, 0.05) is 0 Å². The standard InChI is InChI=1S/C20H34N4O4/c1-11(2)7-14-8-15(19(27)21-16(9-25)12(3)4)23-24-18(14)20(28)22-17(10-26)13(5)6/h8,11-13,16-17,25-26H,7,9-10H2,1-6H3,(H,21,27)(H,22,28). The Morgan fingerprint density at radius 1 is 0.893 bits per heavy atom. The van der Waals surface area contributed by atoms with E-state index >= 15 is 0 Å². The summed E-state index contributed by atoms with van der Waals surface area (Å²) in [6.07, 6.45) is 0.553. The van der Waals surface area contributed by atoms with Crippen molar-refractivity contribution in [3.8, 4) is 0 Å². The van der Waals surface area contributed by atoms with Crippen molar-refractivity contribution in [2.75, 3.05) is 13.2 Å². The van der Waals surface area contributed by atoms with Gasteiger partial charge in [0.05, 0.1) is 25.3 Å². The molecule has 0 saturated carbocycles.